The topological polar surface area (TPSA) is 79.9 Å². The van der Waals surface area contributed by atoms with Crippen LogP contribution in [0.2, 0.25) is 0 Å². The van der Waals surface area contributed by atoms with Crippen LogP contribution in [0.15, 0.2) is 48.5 Å². The molecule has 7 nitrogen and oxygen atoms in total. The predicted molar refractivity (Wildman–Crippen MR) is 96.5 cm³/mol. The fraction of sp³-hybridized carbons (Fsp3) is 0.263. The quantitative estimate of drug-likeness (QED) is 0.885. The Bertz CT molecular complexity index is 825. The van der Waals surface area contributed by atoms with Crippen molar-refractivity contribution in [1.82, 2.24) is 5.32 Å². The number of rotatable bonds is 4. The number of urea groups is 1. The minimum Gasteiger partial charge on any atom is -0.454 e. The normalized spacial score (nSPS) is 18.1. The zero-order chi connectivity index (χ0) is 17.9. The van der Waals surface area contributed by atoms with Crippen LogP contribution in [-0.2, 0) is 4.79 Å². The number of para-hydroxylation sites is 1. The van der Waals surface area contributed by atoms with Gasteiger partial charge < -0.3 is 25.0 Å². The largest absolute Gasteiger partial charge is 0.454 e. The molecule has 0 aliphatic carbocycles. The summed E-state index contributed by atoms with van der Waals surface area (Å²) in [5, 5.41) is 5.60. The zero-order valence-corrected chi connectivity index (χ0v) is 14.1. The summed E-state index contributed by atoms with van der Waals surface area (Å²) in [6.07, 6.45) is 0.430. The number of nitrogens with zero attached hydrogens (tertiary/aromatic N) is 1. The number of nitrogens with one attached hydrogen (secondary N) is 2. The van der Waals surface area contributed by atoms with E-state index in [0.29, 0.717) is 36.7 Å². The van der Waals surface area contributed by atoms with Gasteiger partial charge in [-0.15, -0.1) is 0 Å². The van der Waals surface area contributed by atoms with Gasteiger partial charge >= 0.3 is 6.03 Å². The Morgan fingerprint density at radius 2 is 1.92 bits per heavy atom. The highest BCUT2D eigenvalue weighted by molar-refractivity contribution is 5.96. The number of benzene rings is 2. The van der Waals surface area contributed by atoms with Gasteiger partial charge in [-0.25, -0.2) is 4.79 Å². The molecular weight excluding hydrogens is 334 g/mol. The van der Waals surface area contributed by atoms with E-state index in [9.17, 15) is 9.59 Å². The van der Waals surface area contributed by atoms with Crippen LogP contribution in [0.4, 0.5) is 16.2 Å². The number of hydrogen-bond donors (Lipinski definition) is 2. The minimum absolute atomic E-state index is 0.0826. The van der Waals surface area contributed by atoms with Crippen LogP contribution in [-0.4, -0.2) is 31.8 Å². The Morgan fingerprint density at radius 3 is 2.77 bits per heavy atom. The second-order valence-corrected chi connectivity index (χ2v) is 6.31. The molecule has 0 saturated carbocycles. The maximum Gasteiger partial charge on any atom is 0.319 e. The van der Waals surface area contributed by atoms with Gasteiger partial charge in [-0.1, -0.05) is 18.2 Å². The van der Waals surface area contributed by atoms with Crippen molar-refractivity contribution >= 4 is 23.3 Å². The highest BCUT2D eigenvalue weighted by Gasteiger charge is 2.30. The molecule has 1 saturated heterocycles. The second kappa shape index (κ2) is 6.95. The van der Waals surface area contributed by atoms with E-state index in [0.717, 1.165) is 5.69 Å². The molecule has 0 spiro atoms. The summed E-state index contributed by atoms with van der Waals surface area (Å²) in [5.74, 6) is 1.45. The van der Waals surface area contributed by atoms with Gasteiger partial charge in [-0.3, -0.25) is 4.79 Å². The average Bonchev–Trinajstić information content (AvgIpc) is 3.26. The van der Waals surface area contributed by atoms with E-state index in [1.54, 1.807) is 23.1 Å². The van der Waals surface area contributed by atoms with Crippen LogP contribution < -0.4 is 25.0 Å². The molecule has 4 rings (SSSR count). The summed E-state index contributed by atoms with van der Waals surface area (Å²) >= 11 is 0. The molecule has 0 bridgehead atoms. The molecule has 26 heavy (non-hydrogen) atoms. The van der Waals surface area contributed by atoms with Gasteiger partial charge in [-0.05, 0) is 24.3 Å². The lowest BCUT2D eigenvalue weighted by atomic mass is 10.1. The number of carbonyl (C=O) groups excluding carboxylic acids is 2. The van der Waals surface area contributed by atoms with E-state index >= 15 is 0 Å². The molecule has 3 amide bonds. The molecule has 134 valence electrons. The molecule has 7 heteroatoms. The summed E-state index contributed by atoms with van der Waals surface area (Å²) in [4.78, 5) is 26.1. The first kappa shape index (κ1) is 16.3. The van der Waals surface area contributed by atoms with Crippen molar-refractivity contribution < 1.29 is 19.1 Å². The van der Waals surface area contributed by atoms with E-state index in [1.807, 2.05) is 30.3 Å². The summed E-state index contributed by atoms with van der Waals surface area (Å²) in [7, 11) is 0. The highest BCUT2D eigenvalue weighted by atomic mass is 16.7. The maximum atomic E-state index is 12.2. The van der Waals surface area contributed by atoms with Gasteiger partial charge in [0.05, 0.1) is 0 Å². The second-order valence-electron chi connectivity index (χ2n) is 6.31. The van der Waals surface area contributed by atoms with Crippen molar-refractivity contribution in [2.75, 3.05) is 30.1 Å². The van der Waals surface area contributed by atoms with E-state index in [4.69, 9.17) is 9.47 Å². The van der Waals surface area contributed by atoms with Gasteiger partial charge in [0.2, 0.25) is 12.7 Å². The molecule has 0 aromatic heterocycles. The number of fused-ring (bicyclic) bond motifs is 1. The third-order valence-electron chi connectivity index (χ3n) is 4.45. The van der Waals surface area contributed by atoms with Crippen molar-refractivity contribution in [3.05, 3.63) is 48.5 Å². The van der Waals surface area contributed by atoms with Crippen molar-refractivity contribution in [2.45, 2.75) is 6.42 Å². The van der Waals surface area contributed by atoms with Crippen molar-refractivity contribution in [3.63, 3.8) is 0 Å². The number of ether oxygens (including phenoxy) is 2. The molecule has 0 unspecified atom stereocenters. The standard InChI is InChI=1S/C19H19N3O4/c23-18-8-13(11-22(18)15-4-2-1-3-5-15)10-20-19(24)21-14-6-7-16-17(9-14)26-12-25-16/h1-7,9,13H,8,10-12H2,(H2,20,21,24)/t13-/m0/s1. The summed E-state index contributed by atoms with van der Waals surface area (Å²) in [6.45, 7) is 1.23. The first-order valence-electron chi connectivity index (χ1n) is 8.49. The van der Waals surface area contributed by atoms with Gasteiger partial charge in [0.15, 0.2) is 11.5 Å². The van der Waals surface area contributed by atoms with E-state index < -0.39 is 0 Å². The van der Waals surface area contributed by atoms with Crippen LogP contribution in [0.3, 0.4) is 0 Å². The average molecular weight is 353 g/mol. The van der Waals surface area contributed by atoms with Crippen molar-refractivity contribution in [2.24, 2.45) is 5.92 Å². The van der Waals surface area contributed by atoms with Gasteiger partial charge in [0, 0.05) is 42.9 Å². The smallest absolute Gasteiger partial charge is 0.319 e. The molecular formula is C19H19N3O4. The third-order valence-corrected chi connectivity index (χ3v) is 4.45. The van der Waals surface area contributed by atoms with Crippen LogP contribution in [0, 0.1) is 5.92 Å². The molecule has 2 aromatic carbocycles. The maximum absolute atomic E-state index is 12.2. The summed E-state index contributed by atoms with van der Waals surface area (Å²) in [6, 6.07) is 14.5. The Hall–Kier alpha value is -3.22. The summed E-state index contributed by atoms with van der Waals surface area (Å²) in [5.41, 5.74) is 1.52. The van der Waals surface area contributed by atoms with Crippen LogP contribution in [0.1, 0.15) is 6.42 Å². The van der Waals surface area contributed by atoms with Gasteiger partial charge in [-0.2, -0.15) is 0 Å². The highest BCUT2D eigenvalue weighted by Crippen LogP contribution is 2.34. The Morgan fingerprint density at radius 1 is 1.12 bits per heavy atom. The lowest BCUT2D eigenvalue weighted by Gasteiger charge is -2.17. The van der Waals surface area contributed by atoms with Gasteiger partial charge in [0.25, 0.3) is 0 Å². The first-order valence-corrected chi connectivity index (χ1v) is 8.49. The van der Waals surface area contributed by atoms with Crippen molar-refractivity contribution in [3.8, 4) is 11.5 Å². The van der Waals surface area contributed by atoms with Gasteiger partial charge in [0.1, 0.15) is 0 Å². The van der Waals surface area contributed by atoms with E-state index in [-0.39, 0.29) is 24.6 Å². The lowest BCUT2D eigenvalue weighted by Crippen LogP contribution is -2.34. The van der Waals surface area contributed by atoms with Crippen LogP contribution in [0.5, 0.6) is 11.5 Å². The number of carbonyl (C=O) groups is 2. The molecule has 2 aliphatic heterocycles. The van der Waals surface area contributed by atoms with E-state index in [2.05, 4.69) is 10.6 Å². The molecule has 2 aliphatic rings. The number of anilines is 2. The monoisotopic (exact) mass is 353 g/mol. The minimum atomic E-state index is -0.311. The third kappa shape index (κ3) is 3.42. The Kier molecular flexibility index (Phi) is 4.35. The summed E-state index contributed by atoms with van der Waals surface area (Å²) < 4.78 is 10.5. The first-order chi connectivity index (χ1) is 12.7. The predicted octanol–water partition coefficient (Wildman–Crippen LogP) is 2.59. The Balaban J connectivity index is 1.29. The fourth-order valence-electron chi connectivity index (χ4n) is 3.16. The Labute approximate surface area is 150 Å². The number of hydrogen-bond acceptors (Lipinski definition) is 4. The van der Waals surface area contributed by atoms with E-state index in [1.165, 1.54) is 0 Å². The fourth-order valence-corrected chi connectivity index (χ4v) is 3.16. The van der Waals surface area contributed by atoms with Crippen molar-refractivity contribution in [1.29, 1.82) is 0 Å². The van der Waals surface area contributed by atoms with Crippen LogP contribution in [0.25, 0.3) is 0 Å². The lowest BCUT2D eigenvalue weighted by molar-refractivity contribution is -0.117. The molecule has 2 heterocycles. The molecule has 2 aromatic rings. The van der Waals surface area contributed by atoms with Crippen LogP contribution >= 0.6 is 0 Å². The molecule has 0 radical (unpaired) electrons. The molecule has 2 N–H and O–H groups in total. The molecule has 1 atom stereocenters. The zero-order valence-electron chi connectivity index (χ0n) is 14.1. The SMILES string of the molecule is O=C(NC[C@@H]1CC(=O)N(c2ccccc2)C1)Nc1ccc2c(c1)OCO2. The molecule has 1 fully saturated rings. The number of amides is 3.